The topological polar surface area (TPSA) is 276 Å². The van der Waals surface area contributed by atoms with Crippen LogP contribution in [0.1, 0.15) is 83.9 Å². The van der Waals surface area contributed by atoms with Gasteiger partial charge in [-0.15, -0.1) is 5.06 Å². The van der Waals surface area contributed by atoms with Crippen LogP contribution >= 0.6 is 0 Å². The average molecular weight is 971 g/mol. The Bertz CT molecular complexity index is 2950. The van der Waals surface area contributed by atoms with E-state index < -0.39 is 81.3 Å². The summed E-state index contributed by atoms with van der Waals surface area (Å²) in [6.07, 6.45) is 9.81. The van der Waals surface area contributed by atoms with Crippen LogP contribution in [0, 0.1) is 0 Å². The van der Waals surface area contributed by atoms with Gasteiger partial charge in [0.15, 0.2) is 5.71 Å². The molecule has 0 aliphatic carbocycles. The fourth-order valence-electron chi connectivity index (χ4n) is 7.98. The molecule has 6 rings (SSSR count). The third-order valence-electron chi connectivity index (χ3n) is 11.5. The lowest BCUT2D eigenvalue weighted by Gasteiger charge is -2.31. The number of amides is 3. The predicted molar refractivity (Wildman–Crippen MR) is 237 cm³/mol. The van der Waals surface area contributed by atoms with Crippen molar-refractivity contribution in [3.63, 3.8) is 0 Å². The van der Waals surface area contributed by atoms with Crippen LogP contribution in [0.3, 0.4) is 0 Å². The minimum Gasteiger partial charge on any atom is -0.344 e. The highest BCUT2D eigenvalue weighted by atomic mass is 32.2. The van der Waals surface area contributed by atoms with E-state index in [1.54, 1.807) is 65.0 Å². The highest BCUT2D eigenvalue weighted by Crippen LogP contribution is 2.52. The number of hydrogen-bond donors (Lipinski definition) is 3. The normalized spacial score (nSPS) is 19.0. The molecule has 3 aliphatic rings. The number of rotatable bonds is 17. The summed E-state index contributed by atoms with van der Waals surface area (Å²) in [6, 6.07) is 11.5. The summed E-state index contributed by atoms with van der Waals surface area (Å²) in [5, 5.41) is 1.46. The van der Waals surface area contributed by atoms with Crippen LogP contribution in [0.5, 0.6) is 0 Å². The van der Waals surface area contributed by atoms with Gasteiger partial charge in [0.25, 0.3) is 48.1 Å². The van der Waals surface area contributed by atoms with Crippen LogP contribution < -0.4 is 9.47 Å². The van der Waals surface area contributed by atoms with E-state index in [-0.39, 0.29) is 49.9 Å². The largest absolute Gasteiger partial charge is 0.363 e. The molecule has 3 amide bonds. The molecule has 4 heterocycles. The van der Waals surface area contributed by atoms with E-state index in [1.807, 2.05) is 13.8 Å². The molecule has 1 aromatic heterocycles. The molecular weight excluding hydrogens is 923 g/mol. The maximum atomic E-state index is 13.2. The third-order valence-corrected chi connectivity index (χ3v) is 14.0. The van der Waals surface area contributed by atoms with Crippen molar-refractivity contribution in [3.8, 4) is 0 Å². The lowest BCUT2D eigenvalue weighted by atomic mass is 9.75. The summed E-state index contributed by atoms with van der Waals surface area (Å²) in [4.78, 5) is 66.7. The Labute approximate surface area is 381 Å². The van der Waals surface area contributed by atoms with E-state index in [0.29, 0.717) is 44.7 Å². The minimum atomic E-state index is -4.72. The van der Waals surface area contributed by atoms with Gasteiger partial charge in [0, 0.05) is 44.2 Å². The van der Waals surface area contributed by atoms with Crippen molar-refractivity contribution in [2.24, 2.45) is 4.99 Å². The first-order chi connectivity index (χ1) is 30.8. The molecule has 0 spiro atoms. The zero-order chi connectivity index (χ0) is 48.6. The van der Waals surface area contributed by atoms with Crippen LogP contribution in [0.2, 0.25) is 0 Å². The molecule has 0 radical (unpaired) electrons. The summed E-state index contributed by atoms with van der Waals surface area (Å²) in [6.45, 7) is 5.67. The third kappa shape index (κ3) is 10.5. The zero-order valence-electron chi connectivity index (χ0n) is 36.4. The van der Waals surface area contributed by atoms with Crippen molar-refractivity contribution >= 4 is 71.3 Å². The fourth-order valence-corrected chi connectivity index (χ4v) is 9.47. The van der Waals surface area contributed by atoms with Crippen molar-refractivity contribution in [3.05, 3.63) is 119 Å². The minimum absolute atomic E-state index is 0.0174. The van der Waals surface area contributed by atoms with E-state index >= 15 is 0 Å². The quantitative estimate of drug-likeness (QED) is 0.0570. The molecule has 2 aromatic carbocycles. The van der Waals surface area contributed by atoms with E-state index in [2.05, 4.69) is 0 Å². The number of nitrogens with zero attached hydrogens (tertiary/aromatic N) is 5. The lowest BCUT2D eigenvalue weighted by molar-refractivity contribution is -0.684. The van der Waals surface area contributed by atoms with Gasteiger partial charge in [0.05, 0.1) is 57.6 Å². The Morgan fingerprint density at radius 2 is 1.48 bits per heavy atom. The first kappa shape index (κ1) is 49.5. The Balaban J connectivity index is 1.39. The summed E-state index contributed by atoms with van der Waals surface area (Å²) in [7, 11) is -10.6. The molecule has 3 aromatic rings. The number of hydroxylamine groups is 4. The molecule has 1 fully saturated rings. The Hall–Kier alpha value is -5.95. The van der Waals surface area contributed by atoms with Crippen molar-refractivity contribution in [1.82, 2.24) is 10.1 Å². The second-order valence-corrected chi connectivity index (χ2v) is 20.9. The maximum absolute atomic E-state index is 13.2. The predicted octanol–water partition coefficient (Wildman–Crippen LogP) is 3.82. The van der Waals surface area contributed by atoms with Gasteiger partial charge in [-0.2, -0.15) is 25.3 Å². The molecule has 23 heteroatoms. The van der Waals surface area contributed by atoms with Crippen LogP contribution in [0.25, 0.3) is 0 Å². The number of imide groups is 1. The molecule has 3 aliphatic heterocycles. The van der Waals surface area contributed by atoms with Crippen molar-refractivity contribution < 1.29 is 72.3 Å². The number of allylic oxidation sites excluding steroid dienone is 6. The highest BCUT2D eigenvalue weighted by molar-refractivity contribution is 7.86. The Morgan fingerprint density at radius 3 is 2.09 bits per heavy atom. The fraction of sp³-hybridized carbons (Fsp3) is 0.349. The van der Waals surface area contributed by atoms with Gasteiger partial charge in [0.1, 0.15) is 6.20 Å². The van der Waals surface area contributed by atoms with Crippen LogP contribution in [0.15, 0.2) is 101 Å². The number of pyridine rings is 1. The van der Waals surface area contributed by atoms with Gasteiger partial charge < -0.3 is 9.74 Å². The number of benzene rings is 2. The molecule has 0 bridgehead atoms. The summed E-state index contributed by atoms with van der Waals surface area (Å²) < 4.78 is 102. The number of aryl methyl sites for hydroxylation is 1. The molecule has 1 saturated heterocycles. The smallest absolute Gasteiger partial charge is 0.344 e. The van der Waals surface area contributed by atoms with Crippen molar-refractivity contribution in [2.75, 3.05) is 37.1 Å². The van der Waals surface area contributed by atoms with E-state index in [4.69, 9.17) is 14.7 Å². The first-order valence-electron chi connectivity index (χ1n) is 20.3. The zero-order valence-corrected chi connectivity index (χ0v) is 38.9. The van der Waals surface area contributed by atoms with Gasteiger partial charge in [-0.3, -0.25) is 32.9 Å². The lowest BCUT2D eigenvalue weighted by Crippen LogP contribution is -2.38. The Kier molecular flexibility index (Phi) is 14.0. The van der Waals surface area contributed by atoms with Gasteiger partial charge in [-0.1, -0.05) is 30.4 Å². The number of hydrogen-bond acceptors (Lipinski definition) is 14. The summed E-state index contributed by atoms with van der Waals surface area (Å²) in [5.74, 6) is -3.41. The number of anilines is 1. The van der Waals surface area contributed by atoms with E-state index in [9.17, 15) is 58.1 Å². The second-order valence-electron chi connectivity index (χ2n) is 16.3. The number of aliphatic imine (C=N–C) groups is 1. The molecule has 1 unspecified atom stereocenters. The average Bonchev–Trinajstić information content (AvgIpc) is 3.79. The maximum Gasteiger partial charge on any atom is 0.363 e. The van der Waals surface area contributed by atoms with E-state index in [0.717, 1.165) is 5.06 Å². The summed E-state index contributed by atoms with van der Waals surface area (Å²) >= 11 is 0. The molecule has 20 nitrogen and oxygen atoms in total. The highest BCUT2D eigenvalue weighted by Gasteiger charge is 2.46. The number of aromatic nitrogens is 1. The van der Waals surface area contributed by atoms with Gasteiger partial charge >= 0.3 is 11.8 Å². The molecule has 352 valence electrons. The second kappa shape index (κ2) is 18.7. The summed E-state index contributed by atoms with van der Waals surface area (Å²) in [5.41, 5.74) is 1.24. The van der Waals surface area contributed by atoms with Crippen LogP contribution in [-0.4, -0.2) is 111 Å². The molecule has 3 N–H and O–H groups in total. The first-order valence-corrected chi connectivity index (χ1v) is 25.0. The monoisotopic (exact) mass is 970 g/mol. The van der Waals surface area contributed by atoms with E-state index in [1.165, 1.54) is 50.7 Å². The number of carbonyl (C=O) groups is 4. The molecule has 1 atom stereocenters. The molecular formula is C43H48N5O15S3+. The number of fused-ring (bicyclic) bond motifs is 2. The van der Waals surface area contributed by atoms with Gasteiger partial charge in [-0.05, 0) is 91.9 Å². The molecule has 66 heavy (non-hydrogen) atoms. The number of carbonyl (C=O) groups excluding carboxylic acids is 4. The molecule has 0 saturated carbocycles. The van der Waals surface area contributed by atoms with Crippen LogP contribution in [-0.2, 0) is 67.0 Å². The van der Waals surface area contributed by atoms with Gasteiger partial charge in [-0.25, -0.2) is 14.4 Å². The van der Waals surface area contributed by atoms with Crippen LogP contribution in [0.4, 0.5) is 11.5 Å². The SMILES string of the molecule is CON(C)C(=O)c1cc2c([n+](CCCS(=O)(=O)O)c1)N=C(/C=C/C=C/C=C1/N(CCCS(=O)(=O)O)c3ccc(S(=O)(=O)O)cc3C1(C)c1ccc(C(=O)ON3C(=O)CCC3=O)cc1)C2(C)C. The Morgan fingerprint density at radius 1 is 0.848 bits per heavy atom. The van der Waals surface area contributed by atoms with Crippen molar-refractivity contribution in [1.29, 1.82) is 0 Å². The van der Waals surface area contributed by atoms with Crippen molar-refractivity contribution in [2.45, 2.75) is 68.7 Å². The standard InChI is InChI=1S/C43H47N5O15S3/c1-42(2)33-25-29(40(51)45(4)62-5)27-46(21-9-23-64(53,54)55)39(33)44-35(42)11-7-6-8-12-36-43(3,30-15-13-28(14-16-30)41(52)63-48-37(49)19-20-38(48)50)32-26-31(66(59,60)61)17-18-34(32)47(36)22-10-24-65(56,57)58/h6-8,11-18,25-27H,9-10,19-24H2,1-5H3,(H2-,53,54,55,56,57,58,59,60,61)/p+1. The van der Waals surface area contributed by atoms with Gasteiger partial charge in [0.2, 0.25) is 0 Å².